The molecule has 5 nitrogen and oxygen atoms in total. The van der Waals surface area contributed by atoms with Gasteiger partial charge in [-0.15, -0.1) is 0 Å². The largest absolute Gasteiger partial charge is 0.469 e. The topological polar surface area (TPSA) is 80.7 Å². The Morgan fingerprint density at radius 2 is 2.00 bits per heavy atom. The number of carbonyl (C=O) groups excluding carboxylic acids is 1. The van der Waals surface area contributed by atoms with Gasteiger partial charge in [0.1, 0.15) is 11.9 Å². The second kappa shape index (κ2) is 2.29. The summed E-state index contributed by atoms with van der Waals surface area (Å²) in [5, 5.41) is -1.88. The van der Waals surface area contributed by atoms with Crippen LogP contribution in [0.4, 0.5) is 4.79 Å². The molecular formula is CHClO5S. The van der Waals surface area contributed by atoms with Gasteiger partial charge in [0.05, 0.1) is 0 Å². The molecule has 7 heteroatoms. The molecule has 0 bridgehead atoms. The Morgan fingerprint density at radius 3 is 2.00 bits per heavy atom. The van der Waals surface area contributed by atoms with Crippen molar-refractivity contribution in [3.63, 3.8) is 0 Å². The molecular weight excluding hydrogens is 160 g/mol. The normalized spacial score (nSPS) is 10.8. The van der Waals surface area contributed by atoms with E-state index in [1.54, 1.807) is 0 Å². The molecule has 0 aliphatic heterocycles. The lowest BCUT2D eigenvalue weighted by molar-refractivity contribution is 0.225. The van der Waals surface area contributed by atoms with E-state index in [0.717, 1.165) is 0 Å². The molecule has 0 aromatic carbocycles. The molecule has 0 heterocycles. The quantitative estimate of drug-likeness (QED) is 0.511. The van der Waals surface area contributed by atoms with E-state index < -0.39 is 15.4 Å². The highest BCUT2D eigenvalue weighted by molar-refractivity contribution is 8.00. The van der Waals surface area contributed by atoms with Gasteiger partial charge in [-0.1, -0.05) is 0 Å². The van der Waals surface area contributed by atoms with Crippen molar-refractivity contribution in [1.29, 1.82) is 0 Å². The van der Waals surface area contributed by atoms with Gasteiger partial charge in [0.2, 0.25) is 0 Å². The molecule has 48 valence electrons. The fourth-order valence-electron chi connectivity index (χ4n) is 0.0398. The minimum absolute atomic E-state index is 1.88. The van der Waals surface area contributed by atoms with E-state index in [1.807, 2.05) is 0 Å². The summed E-state index contributed by atoms with van der Waals surface area (Å²) in [6.07, 6.45) is 0. The zero-order chi connectivity index (χ0) is 6.78. The molecule has 8 heavy (non-hydrogen) atoms. The van der Waals surface area contributed by atoms with Gasteiger partial charge in [0.25, 0.3) is 0 Å². The molecule has 0 rings (SSSR count). The number of hydrogen-bond donors (Lipinski definition) is 1. The molecule has 0 spiro atoms. The van der Waals surface area contributed by atoms with E-state index in [1.165, 1.54) is 0 Å². The van der Waals surface area contributed by atoms with Crippen LogP contribution in [-0.2, 0) is 14.4 Å². The highest BCUT2D eigenvalue weighted by Gasteiger charge is 2.19. The summed E-state index contributed by atoms with van der Waals surface area (Å²) in [6.45, 7) is 0. The Morgan fingerprint density at radius 1 is 1.62 bits per heavy atom. The summed E-state index contributed by atoms with van der Waals surface area (Å²) >= 11 is 4.25. The molecule has 0 aliphatic rings. The summed E-state index contributed by atoms with van der Waals surface area (Å²) in [4.78, 5) is 9.64. The first-order valence-corrected chi connectivity index (χ1v) is 3.03. The molecule has 0 radical (unpaired) electrons. The van der Waals surface area contributed by atoms with Gasteiger partial charge in [-0.25, -0.2) is 4.79 Å². The predicted octanol–water partition coefficient (Wildman–Crippen LogP) is 0.165. The SMILES string of the molecule is O=C(OCl)S(=O)(=O)O. The highest BCUT2D eigenvalue weighted by atomic mass is 35.5. The second-order valence-corrected chi connectivity index (χ2v) is 2.24. The standard InChI is InChI=1S/CHClO5S/c2-7-1(3)8(4,5)6/h(H,4,5,6). The predicted molar refractivity (Wildman–Crippen MR) is 23.9 cm³/mol. The minimum atomic E-state index is -4.75. The van der Waals surface area contributed by atoms with E-state index >= 15 is 0 Å². The Balaban J connectivity index is 4.29. The fraction of sp³-hybridized carbons (Fsp3) is 0. The first-order valence-electron chi connectivity index (χ1n) is 1.28. The first-order chi connectivity index (χ1) is 3.48. The van der Waals surface area contributed by atoms with E-state index in [0.29, 0.717) is 0 Å². The van der Waals surface area contributed by atoms with Gasteiger partial charge < -0.3 is 4.29 Å². The van der Waals surface area contributed by atoms with Crippen molar-refractivity contribution in [3.05, 3.63) is 0 Å². The fourth-order valence-corrected chi connectivity index (χ4v) is 0.358. The van der Waals surface area contributed by atoms with Gasteiger partial charge in [0.15, 0.2) is 0 Å². The molecule has 0 atom stereocenters. The lowest BCUT2D eigenvalue weighted by atomic mass is 11.6. The molecule has 0 aliphatic carbocycles. The maximum atomic E-state index is 9.64. The molecule has 0 saturated carbocycles. The summed E-state index contributed by atoms with van der Waals surface area (Å²) in [7, 11) is -4.75. The smallest absolute Gasteiger partial charge is 0.333 e. The van der Waals surface area contributed by atoms with Crippen molar-refractivity contribution in [1.82, 2.24) is 0 Å². The van der Waals surface area contributed by atoms with Gasteiger partial charge in [-0.3, -0.25) is 4.55 Å². The van der Waals surface area contributed by atoms with Crippen LogP contribution in [0.2, 0.25) is 0 Å². The Hall–Kier alpha value is -0.330. The molecule has 0 aromatic rings. The maximum Gasteiger partial charge on any atom is 0.469 e. The van der Waals surface area contributed by atoms with Crippen LogP contribution in [0.3, 0.4) is 0 Å². The Labute approximate surface area is 50.1 Å². The van der Waals surface area contributed by atoms with Crippen molar-refractivity contribution in [2.75, 3.05) is 0 Å². The number of carbonyl (C=O) groups is 1. The van der Waals surface area contributed by atoms with Gasteiger partial charge in [-0.05, 0) is 0 Å². The summed E-state index contributed by atoms with van der Waals surface area (Å²) in [5.41, 5.74) is 0. The van der Waals surface area contributed by atoms with Gasteiger partial charge >= 0.3 is 15.4 Å². The van der Waals surface area contributed by atoms with Gasteiger partial charge in [0, 0.05) is 0 Å². The second-order valence-electron chi connectivity index (χ2n) is 0.802. The van der Waals surface area contributed by atoms with Crippen molar-refractivity contribution in [3.8, 4) is 0 Å². The van der Waals surface area contributed by atoms with Crippen molar-refractivity contribution >= 4 is 27.3 Å². The Bertz CT molecular complexity index is 179. The summed E-state index contributed by atoms with van der Waals surface area (Å²) < 4.78 is 29.9. The number of hydrogen-bond acceptors (Lipinski definition) is 4. The Kier molecular flexibility index (Phi) is 2.20. The van der Waals surface area contributed by atoms with Crippen LogP contribution in [0.25, 0.3) is 0 Å². The lowest BCUT2D eigenvalue weighted by Gasteiger charge is -1.85. The van der Waals surface area contributed by atoms with E-state index in [-0.39, 0.29) is 0 Å². The van der Waals surface area contributed by atoms with Crippen LogP contribution in [0, 0.1) is 0 Å². The van der Waals surface area contributed by atoms with Crippen LogP contribution in [0.1, 0.15) is 0 Å². The maximum absolute atomic E-state index is 9.64. The molecule has 0 aromatic heterocycles. The molecule has 0 unspecified atom stereocenters. The zero-order valence-corrected chi connectivity index (χ0v) is 4.94. The van der Waals surface area contributed by atoms with Crippen molar-refractivity contribution < 1.29 is 22.1 Å². The zero-order valence-electron chi connectivity index (χ0n) is 3.37. The number of halogens is 1. The third kappa shape index (κ3) is 2.10. The first kappa shape index (κ1) is 7.67. The highest BCUT2D eigenvalue weighted by Crippen LogP contribution is 1.92. The number of rotatable bonds is 0. The van der Waals surface area contributed by atoms with Gasteiger partial charge in [-0.2, -0.15) is 8.42 Å². The third-order valence-corrected chi connectivity index (χ3v) is 1.01. The van der Waals surface area contributed by atoms with Crippen LogP contribution in [-0.4, -0.2) is 18.3 Å². The van der Waals surface area contributed by atoms with E-state index in [4.69, 9.17) is 4.55 Å². The van der Waals surface area contributed by atoms with Crippen LogP contribution < -0.4 is 0 Å². The van der Waals surface area contributed by atoms with E-state index in [2.05, 4.69) is 16.2 Å². The summed E-state index contributed by atoms with van der Waals surface area (Å²) in [6, 6.07) is 0. The molecule has 0 fully saturated rings. The van der Waals surface area contributed by atoms with Crippen molar-refractivity contribution in [2.45, 2.75) is 0 Å². The molecule has 1 N–H and O–H groups in total. The van der Waals surface area contributed by atoms with E-state index in [9.17, 15) is 13.2 Å². The third-order valence-electron chi connectivity index (χ3n) is 0.274. The van der Waals surface area contributed by atoms with Crippen LogP contribution >= 0.6 is 11.9 Å². The van der Waals surface area contributed by atoms with Crippen LogP contribution in [0.15, 0.2) is 0 Å². The summed E-state index contributed by atoms with van der Waals surface area (Å²) in [5.74, 6) is 0. The average molecular weight is 161 g/mol. The average Bonchev–Trinajstić information content (AvgIpc) is 1.62. The van der Waals surface area contributed by atoms with Crippen molar-refractivity contribution in [2.24, 2.45) is 0 Å². The molecule has 0 amide bonds. The van der Waals surface area contributed by atoms with Crippen LogP contribution in [0.5, 0.6) is 0 Å². The minimum Gasteiger partial charge on any atom is -0.333 e. The lowest BCUT2D eigenvalue weighted by Crippen LogP contribution is -2.10. The monoisotopic (exact) mass is 160 g/mol. The molecule has 0 saturated heterocycles.